The molecule has 0 aromatic heterocycles. The molecule has 4 nitrogen and oxygen atoms in total. The molecule has 180 valence electrons. The van der Waals surface area contributed by atoms with Crippen LogP contribution >= 0.6 is 11.8 Å². The molecule has 0 spiro atoms. The number of thioether (sulfide) groups is 1. The Kier molecular flexibility index (Phi) is 7.12. The normalized spacial score (nSPS) is 31.9. The van der Waals surface area contributed by atoms with E-state index in [1.54, 1.807) is 18.0 Å². The van der Waals surface area contributed by atoms with Gasteiger partial charge >= 0.3 is 6.18 Å². The first kappa shape index (κ1) is 24.2. The Morgan fingerprint density at radius 2 is 1.76 bits per heavy atom. The Hall–Kier alpha value is -1.96. The Bertz CT molecular complexity index is 907. The molecule has 2 amide bonds. The first-order chi connectivity index (χ1) is 15.6. The van der Waals surface area contributed by atoms with Crippen LogP contribution in [0.25, 0.3) is 6.08 Å². The molecule has 2 aliphatic carbocycles. The van der Waals surface area contributed by atoms with Crippen molar-refractivity contribution in [3.8, 4) is 0 Å². The summed E-state index contributed by atoms with van der Waals surface area (Å²) < 4.78 is 38.4. The third-order valence-electron chi connectivity index (χ3n) is 7.33. The van der Waals surface area contributed by atoms with Gasteiger partial charge in [-0.25, -0.2) is 0 Å². The summed E-state index contributed by atoms with van der Waals surface area (Å²) in [6.07, 6.45) is 3.95. The predicted molar refractivity (Wildman–Crippen MR) is 124 cm³/mol. The molecule has 1 N–H and O–H groups in total. The molecule has 0 bridgehead atoms. The van der Waals surface area contributed by atoms with E-state index in [4.69, 9.17) is 0 Å². The minimum atomic E-state index is -4.38. The van der Waals surface area contributed by atoms with Gasteiger partial charge in [-0.15, -0.1) is 11.8 Å². The van der Waals surface area contributed by atoms with Gasteiger partial charge in [0.05, 0.1) is 10.5 Å². The predicted octanol–water partition coefficient (Wildman–Crippen LogP) is 5.48. The second-order valence-corrected chi connectivity index (χ2v) is 11.0. The Morgan fingerprint density at radius 3 is 2.39 bits per heavy atom. The summed E-state index contributed by atoms with van der Waals surface area (Å²) in [7, 11) is 1.77. The van der Waals surface area contributed by atoms with Crippen LogP contribution in [-0.4, -0.2) is 41.1 Å². The average Bonchev–Trinajstić information content (AvgIpc) is 2.78. The monoisotopic (exact) mass is 480 g/mol. The lowest BCUT2D eigenvalue weighted by molar-refractivity contribution is -0.137. The van der Waals surface area contributed by atoms with Crippen molar-refractivity contribution in [2.45, 2.75) is 75.4 Å². The number of hydrogen-bond donors (Lipinski definition) is 1. The van der Waals surface area contributed by atoms with Crippen LogP contribution in [-0.2, 0) is 15.8 Å². The van der Waals surface area contributed by atoms with Gasteiger partial charge in [-0.05, 0) is 74.6 Å². The van der Waals surface area contributed by atoms with Gasteiger partial charge in [0, 0.05) is 30.3 Å². The summed E-state index contributed by atoms with van der Waals surface area (Å²) in [6.45, 7) is 2.26. The number of rotatable bonds is 3. The Balaban J connectivity index is 1.39. The topological polar surface area (TPSA) is 49.4 Å². The second-order valence-electron chi connectivity index (χ2n) is 9.74. The van der Waals surface area contributed by atoms with Gasteiger partial charge in [0.2, 0.25) is 5.91 Å². The van der Waals surface area contributed by atoms with E-state index in [0.29, 0.717) is 16.9 Å². The highest BCUT2D eigenvalue weighted by molar-refractivity contribution is 8.04. The van der Waals surface area contributed by atoms with E-state index in [9.17, 15) is 22.8 Å². The summed E-state index contributed by atoms with van der Waals surface area (Å²) in [5.41, 5.74) is -0.135. The molecule has 3 aliphatic rings. The van der Waals surface area contributed by atoms with Gasteiger partial charge in [-0.3, -0.25) is 9.59 Å². The van der Waals surface area contributed by atoms with Gasteiger partial charge in [-0.1, -0.05) is 19.1 Å². The molecule has 3 unspecified atom stereocenters. The number of halogens is 3. The number of fused-ring (bicyclic) bond motifs is 1. The van der Waals surface area contributed by atoms with E-state index in [-0.39, 0.29) is 35.1 Å². The van der Waals surface area contributed by atoms with Crippen molar-refractivity contribution in [2.75, 3.05) is 7.05 Å². The molecule has 4 rings (SSSR count). The number of carbonyl (C=O) groups is 2. The molecule has 8 heteroatoms. The van der Waals surface area contributed by atoms with Crippen molar-refractivity contribution < 1.29 is 22.8 Å². The van der Waals surface area contributed by atoms with Crippen LogP contribution in [0.4, 0.5) is 13.2 Å². The molecule has 1 heterocycles. The maximum atomic E-state index is 13.0. The maximum Gasteiger partial charge on any atom is 0.416 e. The number of amides is 2. The third-order valence-corrected chi connectivity index (χ3v) is 8.73. The highest BCUT2D eigenvalue weighted by Gasteiger charge is 2.43. The van der Waals surface area contributed by atoms with Crippen molar-refractivity contribution in [1.82, 2.24) is 10.2 Å². The van der Waals surface area contributed by atoms with E-state index in [1.165, 1.54) is 23.9 Å². The average molecular weight is 481 g/mol. The maximum absolute atomic E-state index is 13.0. The zero-order valence-electron chi connectivity index (χ0n) is 19.0. The van der Waals surface area contributed by atoms with Gasteiger partial charge < -0.3 is 10.2 Å². The SMILES string of the molecule is CC1CCC(NC(=O)C2CCC3S/C(=C\c4ccc(C(F)(F)F)cc4)C(=O)N(C)C3C2)CC1. The molecule has 0 radical (unpaired) electrons. The summed E-state index contributed by atoms with van der Waals surface area (Å²) in [5.74, 6) is 0.632. The number of nitrogens with zero attached hydrogens (tertiary/aromatic N) is 1. The van der Waals surface area contributed by atoms with Crippen LogP contribution < -0.4 is 5.32 Å². The highest BCUT2D eigenvalue weighted by atomic mass is 32.2. The molecule has 1 aromatic carbocycles. The smallest absolute Gasteiger partial charge is 0.353 e. The fourth-order valence-corrected chi connectivity index (χ4v) is 6.66. The van der Waals surface area contributed by atoms with Crippen molar-refractivity contribution in [3.05, 3.63) is 40.3 Å². The summed E-state index contributed by atoms with van der Waals surface area (Å²) in [5, 5.41) is 3.43. The largest absolute Gasteiger partial charge is 0.416 e. The fourth-order valence-electron chi connectivity index (χ4n) is 5.18. The van der Waals surface area contributed by atoms with Crippen molar-refractivity contribution >= 4 is 29.7 Å². The Morgan fingerprint density at radius 1 is 1.09 bits per heavy atom. The number of hydrogen-bond acceptors (Lipinski definition) is 3. The minimum absolute atomic E-state index is 0.0110. The van der Waals surface area contributed by atoms with Crippen molar-refractivity contribution in [2.24, 2.45) is 11.8 Å². The summed E-state index contributed by atoms with van der Waals surface area (Å²) >= 11 is 1.50. The summed E-state index contributed by atoms with van der Waals surface area (Å²) in [6, 6.07) is 5.11. The summed E-state index contributed by atoms with van der Waals surface area (Å²) in [4.78, 5) is 28.2. The highest BCUT2D eigenvalue weighted by Crippen LogP contribution is 2.43. The zero-order valence-corrected chi connectivity index (χ0v) is 19.8. The van der Waals surface area contributed by atoms with Gasteiger partial charge in [-0.2, -0.15) is 13.2 Å². The second kappa shape index (κ2) is 9.72. The number of likely N-dealkylation sites (N-methyl/N-ethyl adjacent to an activating group) is 1. The van der Waals surface area contributed by atoms with Crippen LogP contribution in [0.2, 0.25) is 0 Å². The fraction of sp³-hybridized carbons (Fsp3) is 0.600. The van der Waals surface area contributed by atoms with E-state index in [2.05, 4.69) is 12.2 Å². The molecule has 2 saturated carbocycles. The molecular formula is C25H31F3N2O2S. The lowest BCUT2D eigenvalue weighted by atomic mass is 9.82. The van der Waals surface area contributed by atoms with E-state index < -0.39 is 11.7 Å². The van der Waals surface area contributed by atoms with Crippen LogP contribution in [0.1, 0.15) is 63.0 Å². The van der Waals surface area contributed by atoms with E-state index in [0.717, 1.165) is 56.6 Å². The minimum Gasteiger partial charge on any atom is -0.353 e. The molecule has 3 fully saturated rings. The quantitative estimate of drug-likeness (QED) is 0.583. The van der Waals surface area contributed by atoms with Gasteiger partial charge in [0.1, 0.15) is 0 Å². The molecule has 33 heavy (non-hydrogen) atoms. The van der Waals surface area contributed by atoms with Crippen molar-refractivity contribution in [1.29, 1.82) is 0 Å². The molecule has 3 atom stereocenters. The van der Waals surface area contributed by atoms with E-state index in [1.807, 2.05) is 0 Å². The van der Waals surface area contributed by atoms with Crippen LogP contribution in [0, 0.1) is 11.8 Å². The van der Waals surface area contributed by atoms with Crippen LogP contribution in [0.3, 0.4) is 0 Å². The zero-order chi connectivity index (χ0) is 23.8. The standard InChI is InChI=1S/C25H31F3N2O2S/c1-15-3-10-19(11-4-15)29-23(31)17-7-12-21-20(14-17)30(2)24(32)22(33-21)13-16-5-8-18(9-6-16)25(26,27)28/h5-6,8-9,13,15,17,19-21H,3-4,7,10-12,14H2,1-2H3,(H,29,31)/b22-13-. The third kappa shape index (κ3) is 5.58. The van der Waals surface area contributed by atoms with Crippen LogP contribution in [0.5, 0.6) is 0 Å². The van der Waals surface area contributed by atoms with Gasteiger partial charge in [0.25, 0.3) is 5.91 Å². The molecule has 1 saturated heterocycles. The number of benzene rings is 1. The van der Waals surface area contributed by atoms with E-state index >= 15 is 0 Å². The molecule has 1 aromatic rings. The van der Waals surface area contributed by atoms with Crippen molar-refractivity contribution in [3.63, 3.8) is 0 Å². The van der Waals surface area contributed by atoms with Gasteiger partial charge in [0.15, 0.2) is 0 Å². The number of alkyl halides is 3. The Labute approximate surface area is 197 Å². The van der Waals surface area contributed by atoms with Crippen LogP contribution in [0.15, 0.2) is 29.2 Å². The molecular weight excluding hydrogens is 449 g/mol. The first-order valence-corrected chi connectivity index (χ1v) is 12.6. The number of carbonyl (C=O) groups excluding carboxylic acids is 2. The molecule has 1 aliphatic heterocycles. The number of nitrogens with one attached hydrogen (secondary N) is 1. The lowest BCUT2D eigenvalue weighted by Gasteiger charge is -2.44. The first-order valence-electron chi connectivity index (χ1n) is 11.7. The lowest BCUT2D eigenvalue weighted by Crippen LogP contribution is -2.53.